The van der Waals surface area contributed by atoms with Crippen LogP contribution in [0.25, 0.3) is 0 Å². The normalized spacial score (nSPS) is 12.3. The Morgan fingerprint density at radius 2 is 1.81 bits per heavy atom. The molecule has 0 aliphatic heterocycles. The van der Waals surface area contributed by atoms with Gasteiger partial charge in [-0.05, 0) is 55.2 Å². The zero-order valence-corrected chi connectivity index (χ0v) is 14.8. The quantitative estimate of drug-likeness (QED) is 0.615. The zero-order valence-electron chi connectivity index (χ0n) is 12.4. The Hall–Kier alpha value is -1.06. The molecule has 0 aromatic heterocycles. The monoisotopic (exact) mass is 370 g/mol. The number of aryl methyl sites for hydroxylation is 2. The lowest BCUT2D eigenvalue weighted by molar-refractivity contribution is 0.406. The van der Waals surface area contributed by atoms with Crippen LogP contribution in [0.2, 0.25) is 0 Å². The smallest absolute Gasteiger partial charge is 0.127 e. The number of halogens is 3. The molecule has 2 rings (SSSR count). The molecule has 4 heteroatoms. The Bertz CT molecular complexity index is 685. The van der Waals surface area contributed by atoms with E-state index in [9.17, 15) is 4.39 Å². The van der Waals surface area contributed by atoms with Crippen molar-refractivity contribution in [1.29, 1.82) is 0 Å². The van der Waals surface area contributed by atoms with E-state index < -0.39 is 5.38 Å². The highest BCUT2D eigenvalue weighted by Gasteiger charge is 2.22. The van der Waals surface area contributed by atoms with E-state index in [0.29, 0.717) is 5.56 Å². The molecule has 0 aliphatic carbocycles. The maximum atomic E-state index is 13.4. The molecule has 112 valence electrons. The van der Waals surface area contributed by atoms with E-state index in [4.69, 9.17) is 16.3 Å². The molecular formula is C17H17BrClFO. The van der Waals surface area contributed by atoms with Crippen molar-refractivity contribution in [3.05, 3.63) is 62.4 Å². The Labute approximate surface area is 138 Å². The van der Waals surface area contributed by atoms with Crippen LogP contribution in [0.5, 0.6) is 5.75 Å². The lowest BCUT2D eigenvalue weighted by Crippen LogP contribution is -2.03. The fraction of sp³-hybridized carbons (Fsp3) is 0.294. The average Bonchev–Trinajstić information content (AvgIpc) is 2.44. The van der Waals surface area contributed by atoms with Crippen LogP contribution in [0.15, 0.2) is 28.7 Å². The molecule has 2 aromatic carbocycles. The van der Waals surface area contributed by atoms with E-state index in [1.807, 2.05) is 19.9 Å². The van der Waals surface area contributed by atoms with Crippen LogP contribution in [0.3, 0.4) is 0 Å². The van der Waals surface area contributed by atoms with Crippen LogP contribution in [-0.4, -0.2) is 7.11 Å². The molecule has 0 heterocycles. The number of hydrogen-bond acceptors (Lipinski definition) is 1. The first kappa shape index (κ1) is 16.3. The van der Waals surface area contributed by atoms with Gasteiger partial charge in [-0.25, -0.2) is 4.39 Å². The summed E-state index contributed by atoms with van der Waals surface area (Å²) in [5.41, 5.74) is 4.39. The van der Waals surface area contributed by atoms with Gasteiger partial charge in [0.2, 0.25) is 0 Å². The Balaban J connectivity index is 2.62. The van der Waals surface area contributed by atoms with Gasteiger partial charge in [0, 0.05) is 10.0 Å². The molecule has 0 spiro atoms. The Kier molecular flexibility index (Phi) is 4.95. The van der Waals surface area contributed by atoms with Gasteiger partial charge in [-0.1, -0.05) is 28.1 Å². The number of ether oxygens (including phenoxy) is 1. The maximum absolute atomic E-state index is 13.4. The van der Waals surface area contributed by atoms with Gasteiger partial charge in [0.1, 0.15) is 11.6 Å². The van der Waals surface area contributed by atoms with Crippen molar-refractivity contribution in [2.24, 2.45) is 0 Å². The number of alkyl halides is 1. The van der Waals surface area contributed by atoms with Gasteiger partial charge in [-0.2, -0.15) is 0 Å². The van der Waals surface area contributed by atoms with Crippen LogP contribution < -0.4 is 4.74 Å². The fourth-order valence-corrected chi connectivity index (χ4v) is 3.40. The first-order valence-electron chi connectivity index (χ1n) is 6.60. The molecule has 0 bridgehead atoms. The molecule has 0 saturated carbocycles. The van der Waals surface area contributed by atoms with Crippen LogP contribution >= 0.6 is 27.5 Å². The largest absolute Gasteiger partial charge is 0.496 e. The minimum atomic E-state index is -0.393. The first-order chi connectivity index (χ1) is 9.86. The minimum Gasteiger partial charge on any atom is -0.496 e. The number of hydrogen-bond donors (Lipinski definition) is 0. The van der Waals surface area contributed by atoms with Crippen molar-refractivity contribution in [2.45, 2.75) is 26.1 Å². The van der Waals surface area contributed by atoms with Gasteiger partial charge in [-0.15, -0.1) is 11.6 Å². The van der Waals surface area contributed by atoms with Crippen molar-refractivity contribution in [3.63, 3.8) is 0 Å². The third kappa shape index (κ3) is 3.09. The van der Waals surface area contributed by atoms with Gasteiger partial charge in [0.15, 0.2) is 0 Å². The molecule has 2 aromatic rings. The van der Waals surface area contributed by atoms with E-state index in [1.54, 1.807) is 26.2 Å². The van der Waals surface area contributed by atoms with Crippen molar-refractivity contribution in [3.8, 4) is 5.75 Å². The van der Waals surface area contributed by atoms with Crippen molar-refractivity contribution < 1.29 is 9.13 Å². The zero-order chi connectivity index (χ0) is 15.7. The summed E-state index contributed by atoms with van der Waals surface area (Å²) in [5.74, 6) is 0.550. The van der Waals surface area contributed by atoms with E-state index >= 15 is 0 Å². The van der Waals surface area contributed by atoms with E-state index in [0.717, 1.165) is 32.5 Å². The summed E-state index contributed by atoms with van der Waals surface area (Å²) in [7, 11) is 1.64. The summed E-state index contributed by atoms with van der Waals surface area (Å²) in [5, 5.41) is -0.393. The first-order valence-corrected chi connectivity index (χ1v) is 7.83. The predicted octanol–water partition coefficient (Wildman–Crippen LogP) is 5.85. The second-order valence-corrected chi connectivity index (χ2v) is 6.41. The third-order valence-electron chi connectivity index (χ3n) is 3.64. The molecule has 0 saturated heterocycles. The molecule has 0 radical (unpaired) electrons. The second-order valence-electron chi connectivity index (χ2n) is 5.12. The topological polar surface area (TPSA) is 9.23 Å². The summed E-state index contributed by atoms with van der Waals surface area (Å²) in [6.45, 7) is 5.71. The molecule has 1 unspecified atom stereocenters. The van der Waals surface area contributed by atoms with Gasteiger partial charge in [0.25, 0.3) is 0 Å². The lowest BCUT2D eigenvalue weighted by Gasteiger charge is -2.20. The molecule has 1 atom stereocenters. The fourth-order valence-electron chi connectivity index (χ4n) is 2.44. The Morgan fingerprint density at radius 3 is 2.38 bits per heavy atom. The number of benzene rings is 2. The summed E-state index contributed by atoms with van der Waals surface area (Å²) in [6, 6.07) is 6.96. The van der Waals surface area contributed by atoms with Gasteiger partial charge in [-0.3, -0.25) is 0 Å². The van der Waals surface area contributed by atoms with Crippen LogP contribution in [0, 0.1) is 26.6 Å². The molecule has 0 amide bonds. The van der Waals surface area contributed by atoms with Gasteiger partial charge >= 0.3 is 0 Å². The minimum absolute atomic E-state index is 0.225. The molecule has 21 heavy (non-hydrogen) atoms. The number of rotatable bonds is 3. The standard InChI is InChI=1S/C17H17BrClFO/c1-9-7-12(5-6-14(9)20)16(19)15-11(3)13(18)8-10(2)17(15)21-4/h5-8,16H,1-4H3. The molecule has 0 N–H and O–H groups in total. The highest BCUT2D eigenvalue weighted by Crippen LogP contribution is 2.42. The van der Waals surface area contributed by atoms with Gasteiger partial charge in [0.05, 0.1) is 12.5 Å². The van der Waals surface area contributed by atoms with Crippen LogP contribution in [-0.2, 0) is 0 Å². The van der Waals surface area contributed by atoms with E-state index in [-0.39, 0.29) is 5.82 Å². The summed E-state index contributed by atoms with van der Waals surface area (Å²) in [4.78, 5) is 0. The molecule has 0 fully saturated rings. The summed E-state index contributed by atoms with van der Waals surface area (Å²) >= 11 is 10.2. The van der Waals surface area contributed by atoms with Crippen LogP contribution in [0.4, 0.5) is 4.39 Å². The van der Waals surface area contributed by atoms with Crippen molar-refractivity contribution in [1.82, 2.24) is 0 Å². The lowest BCUT2D eigenvalue weighted by atomic mass is 9.95. The predicted molar refractivity (Wildman–Crippen MR) is 89.0 cm³/mol. The maximum Gasteiger partial charge on any atom is 0.127 e. The van der Waals surface area contributed by atoms with E-state index in [1.165, 1.54) is 6.07 Å². The highest BCUT2D eigenvalue weighted by molar-refractivity contribution is 9.10. The molecule has 0 aliphatic rings. The highest BCUT2D eigenvalue weighted by atomic mass is 79.9. The Morgan fingerprint density at radius 1 is 1.14 bits per heavy atom. The van der Waals surface area contributed by atoms with E-state index in [2.05, 4.69) is 15.9 Å². The average molecular weight is 372 g/mol. The van der Waals surface area contributed by atoms with Gasteiger partial charge < -0.3 is 4.74 Å². The van der Waals surface area contributed by atoms with Crippen molar-refractivity contribution >= 4 is 27.5 Å². The SMILES string of the molecule is COc1c(C)cc(Br)c(C)c1C(Cl)c1ccc(F)c(C)c1. The summed E-state index contributed by atoms with van der Waals surface area (Å²) in [6.07, 6.45) is 0. The van der Waals surface area contributed by atoms with Crippen molar-refractivity contribution in [2.75, 3.05) is 7.11 Å². The third-order valence-corrected chi connectivity index (χ3v) is 4.93. The van der Waals surface area contributed by atoms with Crippen LogP contribution in [0.1, 0.15) is 33.2 Å². The molecule has 1 nitrogen and oxygen atoms in total. The second kappa shape index (κ2) is 6.37. The summed E-state index contributed by atoms with van der Waals surface area (Å²) < 4.78 is 20.0. The number of methoxy groups -OCH3 is 1. The molecular weight excluding hydrogens is 355 g/mol.